The maximum Gasteiger partial charge on any atom is 0.254 e. The van der Waals surface area contributed by atoms with E-state index in [1.807, 2.05) is 12.1 Å². The highest BCUT2D eigenvalue weighted by atomic mass is 19.1. The van der Waals surface area contributed by atoms with E-state index in [0.29, 0.717) is 5.78 Å². The van der Waals surface area contributed by atoms with Crippen LogP contribution < -0.4 is 9.80 Å². The lowest BCUT2D eigenvalue weighted by Crippen LogP contribution is -2.47. The average Bonchev–Trinajstić information content (AvgIpc) is 3.10. The van der Waals surface area contributed by atoms with Gasteiger partial charge in [0.25, 0.3) is 5.78 Å². The number of rotatable bonds is 3. The highest BCUT2D eigenvalue weighted by molar-refractivity contribution is 5.51. The Labute approximate surface area is 139 Å². The van der Waals surface area contributed by atoms with Crippen molar-refractivity contribution in [1.82, 2.24) is 19.6 Å². The smallest absolute Gasteiger partial charge is 0.254 e. The van der Waals surface area contributed by atoms with Crippen LogP contribution in [0, 0.1) is 5.82 Å². The van der Waals surface area contributed by atoms with Gasteiger partial charge in [0, 0.05) is 43.6 Å². The lowest BCUT2D eigenvalue weighted by atomic mass is 10.2. The summed E-state index contributed by atoms with van der Waals surface area (Å²) in [5, 5.41) is 4.30. The number of aromatic nitrogens is 4. The van der Waals surface area contributed by atoms with Gasteiger partial charge in [-0.3, -0.25) is 0 Å². The van der Waals surface area contributed by atoms with E-state index in [-0.39, 0.29) is 5.82 Å². The summed E-state index contributed by atoms with van der Waals surface area (Å²) < 4.78 is 14.9. The summed E-state index contributed by atoms with van der Waals surface area (Å²) in [5.74, 6) is 1.48. The van der Waals surface area contributed by atoms with Crippen molar-refractivity contribution in [2.24, 2.45) is 0 Å². The summed E-state index contributed by atoms with van der Waals surface area (Å²) in [7, 11) is 0. The quantitative estimate of drug-likeness (QED) is 0.738. The van der Waals surface area contributed by atoms with Crippen LogP contribution in [0.5, 0.6) is 0 Å². The van der Waals surface area contributed by atoms with Crippen molar-refractivity contribution < 1.29 is 4.39 Å². The molecular formula is C17H19FN6. The van der Waals surface area contributed by atoms with Crippen molar-refractivity contribution in [3.8, 4) is 0 Å². The topological polar surface area (TPSA) is 49.6 Å². The monoisotopic (exact) mass is 326 g/mol. The number of hydrogen-bond donors (Lipinski definition) is 0. The van der Waals surface area contributed by atoms with Crippen LogP contribution in [0.1, 0.15) is 12.6 Å². The third-order valence-electron chi connectivity index (χ3n) is 4.44. The molecule has 6 nitrogen and oxygen atoms in total. The molecule has 124 valence electrons. The molecule has 0 saturated carbocycles. The largest absolute Gasteiger partial charge is 0.368 e. The minimum atomic E-state index is -0.199. The third-order valence-corrected chi connectivity index (χ3v) is 4.44. The second-order valence-corrected chi connectivity index (χ2v) is 5.88. The molecule has 0 aliphatic carbocycles. The highest BCUT2D eigenvalue weighted by Gasteiger charge is 2.20. The highest BCUT2D eigenvalue weighted by Crippen LogP contribution is 2.21. The number of aryl methyl sites for hydroxylation is 1. The summed E-state index contributed by atoms with van der Waals surface area (Å²) in [4.78, 5) is 13.3. The molecule has 0 bridgehead atoms. The van der Waals surface area contributed by atoms with Crippen LogP contribution in [0.4, 0.5) is 15.9 Å². The number of nitrogens with zero attached hydrogens (tertiary/aromatic N) is 6. The van der Waals surface area contributed by atoms with Crippen LogP contribution in [-0.2, 0) is 6.42 Å². The van der Waals surface area contributed by atoms with Crippen LogP contribution in [-0.4, -0.2) is 45.8 Å². The van der Waals surface area contributed by atoms with Crippen LogP contribution in [0.3, 0.4) is 0 Å². The first-order chi connectivity index (χ1) is 11.7. The van der Waals surface area contributed by atoms with Crippen molar-refractivity contribution in [2.75, 3.05) is 36.0 Å². The van der Waals surface area contributed by atoms with E-state index in [0.717, 1.165) is 49.8 Å². The van der Waals surface area contributed by atoms with Gasteiger partial charge in [-0.05, 0) is 30.7 Å². The Morgan fingerprint density at radius 3 is 2.46 bits per heavy atom. The summed E-state index contributed by atoms with van der Waals surface area (Å²) >= 11 is 0. The Hall–Kier alpha value is -2.70. The van der Waals surface area contributed by atoms with Gasteiger partial charge < -0.3 is 9.80 Å². The summed E-state index contributed by atoms with van der Waals surface area (Å²) in [6.45, 7) is 5.60. The molecule has 2 aromatic heterocycles. The summed E-state index contributed by atoms with van der Waals surface area (Å²) in [5.41, 5.74) is 2.08. The van der Waals surface area contributed by atoms with E-state index in [1.165, 1.54) is 12.1 Å². The molecule has 7 heteroatoms. The van der Waals surface area contributed by atoms with Gasteiger partial charge in [0.2, 0.25) is 0 Å². The first kappa shape index (κ1) is 14.9. The predicted molar refractivity (Wildman–Crippen MR) is 91.0 cm³/mol. The first-order valence-corrected chi connectivity index (χ1v) is 8.19. The number of halogens is 1. The molecule has 24 heavy (non-hydrogen) atoms. The molecule has 3 heterocycles. The molecule has 1 aliphatic rings. The summed E-state index contributed by atoms with van der Waals surface area (Å²) in [6.07, 6.45) is 2.41. The van der Waals surface area contributed by atoms with Crippen molar-refractivity contribution >= 4 is 17.3 Å². The van der Waals surface area contributed by atoms with Gasteiger partial charge >= 0.3 is 0 Å². The van der Waals surface area contributed by atoms with Gasteiger partial charge in [-0.15, -0.1) is 0 Å². The SMILES string of the molecule is CCc1cc(N2CCN(c3ccc(F)cc3)CC2)n2ncnc2n1. The van der Waals surface area contributed by atoms with E-state index in [2.05, 4.69) is 37.9 Å². The molecule has 0 atom stereocenters. The molecule has 4 rings (SSSR count). The van der Waals surface area contributed by atoms with E-state index in [1.54, 1.807) is 10.8 Å². The van der Waals surface area contributed by atoms with E-state index in [4.69, 9.17) is 0 Å². The number of anilines is 2. The van der Waals surface area contributed by atoms with Gasteiger partial charge in [0.05, 0.1) is 0 Å². The molecule has 0 N–H and O–H groups in total. The zero-order valence-electron chi connectivity index (χ0n) is 13.6. The van der Waals surface area contributed by atoms with Crippen molar-refractivity contribution in [3.05, 3.63) is 48.2 Å². The number of fused-ring (bicyclic) bond motifs is 1. The number of piperazine rings is 1. The van der Waals surface area contributed by atoms with Crippen LogP contribution in [0.15, 0.2) is 36.7 Å². The van der Waals surface area contributed by atoms with Gasteiger partial charge in [0.15, 0.2) is 0 Å². The maximum atomic E-state index is 13.1. The number of hydrogen-bond acceptors (Lipinski definition) is 5. The molecule has 1 aliphatic heterocycles. The summed E-state index contributed by atoms with van der Waals surface area (Å²) in [6, 6.07) is 8.79. The molecule has 0 amide bonds. The fourth-order valence-electron chi connectivity index (χ4n) is 3.10. The molecule has 1 saturated heterocycles. The normalized spacial score (nSPS) is 15.2. The molecule has 0 unspecified atom stereocenters. The number of benzene rings is 1. The Kier molecular flexibility index (Phi) is 3.76. The first-order valence-electron chi connectivity index (χ1n) is 8.19. The van der Waals surface area contributed by atoms with E-state index in [9.17, 15) is 4.39 Å². The van der Waals surface area contributed by atoms with Gasteiger partial charge in [0.1, 0.15) is 18.0 Å². The second kappa shape index (κ2) is 6.07. The Morgan fingerprint density at radius 2 is 1.75 bits per heavy atom. The molecule has 0 spiro atoms. The predicted octanol–water partition coefficient (Wildman–Crippen LogP) is 2.15. The van der Waals surface area contributed by atoms with Gasteiger partial charge in [-0.1, -0.05) is 6.92 Å². The fourth-order valence-corrected chi connectivity index (χ4v) is 3.10. The standard InChI is InChI=1S/C17H19FN6/c1-2-14-11-16(24-17(21-14)19-12-20-24)23-9-7-22(8-10-23)15-5-3-13(18)4-6-15/h3-6,11-12H,2,7-10H2,1H3. The molecule has 3 aromatic rings. The minimum absolute atomic E-state index is 0.199. The third kappa shape index (κ3) is 2.66. The Balaban J connectivity index is 1.55. The lowest BCUT2D eigenvalue weighted by Gasteiger charge is -2.37. The van der Waals surface area contributed by atoms with Crippen LogP contribution in [0.2, 0.25) is 0 Å². The van der Waals surface area contributed by atoms with E-state index >= 15 is 0 Å². The minimum Gasteiger partial charge on any atom is -0.368 e. The maximum absolute atomic E-state index is 13.1. The zero-order chi connectivity index (χ0) is 16.5. The molecular weight excluding hydrogens is 307 g/mol. The van der Waals surface area contributed by atoms with Crippen molar-refractivity contribution in [1.29, 1.82) is 0 Å². The average molecular weight is 326 g/mol. The molecule has 0 radical (unpaired) electrons. The van der Waals surface area contributed by atoms with Crippen molar-refractivity contribution in [2.45, 2.75) is 13.3 Å². The molecule has 1 fully saturated rings. The zero-order valence-corrected chi connectivity index (χ0v) is 13.6. The van der Waals surface area contributed by atoms with Crippen molar-refractivity contribution in [3.63, 3.8) is 0 Å². The van der Waals surface area contributed by atoms with Gasteiger partial charge in [-0.2, -0.15) is 14.6 Å². The van der Waals surface area contributed by atoms with Crippen LogP contribution >= 0.6 is 0 Å². The fraction of sp³-hybridized carbons (Fsp3) is 0.353. The van der Waals surface area contributed by atoms with Crippen LogP contribution in [0.25, 0.3) is 5.78 Å². The van der Waals surface area contributed by atoms with E-state index < -0.39 is 0 Å². The second-order valence-electron chi connectivity index (χ2n) is 5.88. The Bertz CT molecular complexity index is 836. The molecule has 1 aromatic carbocycles. The lowest BCUT2D eigenvalue weighted by molar-refractivity contribution is 0.622. The Morgan fingerprint density at radius 1 is 1.04 bits per heavy atom. The van der Waals surface area contributed by atoms with Gasteiger partial charge in [-0.25, -0.2) is 9.37 Å².